The second-order valence-electron chi connectivity index (χ2n) is 10.8. The number of aromatic nitrogens is 1. The van der Waals surface area contributed by atoms with Crippen LogP contribution in [0.25, 0.3) is 11.6 Å². The molecule has 0 fully saturated rings. The number of carbonyl (C=O) groups is 2. The van der Waals surface area contributed by atoms with Crippen LogP contribution in [0.5, 0.6) is 0 Å². The molecule has 0 saturated heterocycles. The van der Waals surface area contributed by atoms with E-state index < -0.39 is 19.3 Å². The summed E-state index contributed by atoms with van der Waals surface area (Å²) in [6.45, 7) is 7.88. The van der Waals surface area contributed by atoms with Crippen molar-refractivity contribution in [1.29, 1.82) is 0 Å². The molecule has 0 amide bonds. The van der Waals surface area contributed by atoms with Gasteiger partial charge in [-0.15, -0.1) is 0 Å². The fourth-order valence-corrected chi connectivity index (χ4v) is 7.26. The Morgan fingerprint density at radius 2 is 1.51 bits per heavy atom. The summed E-state index contributed by atoms with van der Waals surface area (Å²) in [5, 5.41) is 0. The van der Waals surface area contributed by atoms with Crippen molar-refractivity contribution in [3.05, 3.63) is 90.9 Å². The van der Waals surface area contributed by atoms with Crippen LogP contribution in [0, 0.1) is 13.8 Å². The summed E-state index contributed by atoms with van der Waals surface area (Å²) in [6.07, 6.45) is 10.3. The molecule has 2 heterocycles. The minimum Gasteiger partial charge on any atom is -0.463 e. The van der Waals surface area contributed by atoms with Crippen LogP contribution in [0.4, 0.5) is 8.63 Å². The minimum atomic E-state index is -2.86. The fraction of sp³-hybridized carbons (Fsp3) is 0.364. The van der Waals surface area contributed by atoms with Gasteiger partial charge in [-0.25, -0.2) is 14.6 Å². The zero-order chi connectivity index (χ0) is 30.8. The molecule has 0 saturated carbocycles. The normalized spacial score (nSPS) is 17.1. The molecule has 1 aromatic carbocycles. The molecule has 0 atom stereocenters. The Bertz CT molecular complexity index is 1620. The van der Waals surface area contributed by atoms with Crippen molar-refractivity contribution in [2.24, 2.45) is 4.99 Å². The molecule has 2 aromatic rings. The zero-order valence-electron chi connectivity index (χ0n) is 24.9. The minimum absolute atomic E-state index is 0.198. The Kier molecular flexibility index (Phi) is 9.35. The summed E-state index contributed by atoms with van der Waals surface area (Å²) < 4.78 is 42.6. The molecule has 0 N–H and O–H groups in total. The zero-order valence-corrected chi connectivity index (χ0v) is 26.4. The summed E-state index contributed by atoms with van der Waals surface area (Å²) in [6, 6.07) is 3.98. The van der Waals surface area contributed by atoms with E-state index in [-0.39, 0.29) is 13.2 Å². The molecule has 2 aliphatic carbocycles. The van der Waals surface area contributed by atoms with E-state index in [1.54, 1.807) is 19.9 Å². The number of benzene rings is 1. The van der Waals surface area contributed by atoms with Crippen molar-refractivity contribution < 1.29 is 27.7 Å². The van der Waals surface area contributed by atoms with Crippen molar-refractivity contribution in [3.8, 4) is 0 Å². The average Bonchev–Trinajstić information content (AvgIpc) is 3.71. The SMILES string of the molecule is CCOC(=O)/C=C/C1=NC(=C(/c2c(C)cc(Br)cc2C)c2c3c(c(/C=C/C(=O)OCC)n2B(F)F)CCC3)/C2=C1CCC2. The Labute approximate surface area is 259 Å². The van der Waals surface area contributed by atoms with Gasteiger partial charge in [0.05, 0.1) is 24.6 Å². The highest BCUT2D eigenvalue weighted by Crippen LogP contribution is 2.48. The van der Waals surface area contributed by atoms with Crippen molar-refractivity contribution in [2.75, 3.05) is 13.2 Å². The van der Waals surface area contributed by atoms with Crippen LogP contribution in [-0.4, -0.2) is 42.7 Å². The van der Waals surface area contributed by atoms with Gasteiger partial charge in [-0.05, 0) is 129 Å². The molecule has 10 heteroatoms. The van der Waals surface area contributed by atoms with Gasteiger partial charge in [-0.1, -0.05) is 15.9 Å². The van der Waals surface area contributed by atoms with E-state index in [1.807, 2.05) is 26.0 Å². The first kappa shape index (κ1) is 30.9. The smallest absolute Gasteiger partial charge is 0.463 e. The molecule has 0 bridgehead atoms. The highest BCUT2D eigenvalue weighted by atomic mass is 79.9. The molecule has 1 aliphatic heterocycles. The molecule has 43 heavy (non-hydrogen) atoms. The number of halogens is 3. The number of ether oxygens (including phenoxy) is 2. The Morgan fingerprint density at radius 1 is 0.930 bits per heavy atom. The lowest BCUT2D eigenvalue weighted by molar-refractivity contribution is -0.138. The fourth-order valence-electron chi connectivity index (χ4n) is 6.57. The van der Waals surface area contributed by atoms with E-state index in [2.05, 4.69) is 15.9 Å². The first-order chi connectivity index (χ1) is 20.7. The predicted molar refractivity (Wildman–Crippen MR) is 169 cm³/mol. The van der Waals surface area contributed by atoms with Gasteiger partial charge in [-0.3, -0.25) is 8.63 Å². The number of nitrogens with zero attached hydrogens (tertiary/aromatic N) is 2. The number of aliphatic imine (C=N–C) groups is 1. The van der Waals surface area contributed by atoms with Crippen LogP contribution < -0.4 is 0 Å². The van der Waals surface area contributed by atoms with E-state index in [0.717, 1.165) is 73.6 Å². The first-order valence-electron chi connectivity index (χ1n) is 14.7. The first-order valence-corrected chi connectivity index (χ1v) is 15.5. The number of allylic oxidation sites excluding steroid dienone is 3. The van der Waals surface area contributed by atoms with Gasteiger partial charge in [0.25, 0.3) is 0 Å². The summed E-state index contributed by atoms with van der Waals surface area (Å²) in [7, 11) is -2.86. The molecule has 5 rings (SSSR count). The third-order valence-corrected chi connectivity index (χ3v) is 8.56. The molecule has 0 unspecified atom stereocenters. The average molecular weight is 651 g/mol. The number of hydrogen-bond donors (Lipinski definition) is 0. The predicted octanol–water partition coefficient (Wildman–Crippen LogP) is 7.52. The lowest BCUT2D eigenvalue weighted by Gasteiger charge is -2.21. The highest BCUT2D eigenvalue weighted by molar-refractivity contribution is 9.10. The third kappa shape index (κ3) is 5.99. The lowest BCUT2D eigenvalue weighted by atomic mass is 9.87. The second kappa shape index (κ2) is 13.0. The molecule has 1 aromatic heterocycles. The number of aryl methyl sites for hydroxylation is 2. The van der Waals surface area contributed by atoms with E-state index >= 15 is 8.63 Å². The summed E-state index contributed by atoms with van der Waals surface area (Å²) in [5.41, 5.74) is 9.20. The third-order valence-electron chi connectivity index (χ3n) is 8.10. The van der Waals surface area contributed by atoms with Gasteiger partial charge >= 0.3 is 19.3 Å². The molecule has 6 nitrogen and oxygen atoms in total. The standard InChI is InChI=1S/C33H34BBrF2N2O4/c1-5-42-28(40)15-13-26-22-9-7-11-24(22)32(38-26)31(30-19(3)17-21(35)18-20(30)4)33-25-12-8-10-23(25)27(39(33)34(36)37)14-16-29(41)43-6-2/h13-18H,5-12H2,1-4H3/b15-13+,16-14+,32-31-. The van der Waals surface area contributed by atoms with E-state index in [4.69, 9.17) is 14.5 Å². The van der Waals surface area contributed by atoms with Gasteiger partial charge < -0.3 is 14.0 Å². The maximum Gasteiger partial charge on any atom is 0.678 e. The lowest BCUT2D eigenvalue weighted by Crippen LogP contribution is -2.20. The molecule has 224 valence electrons. The van der Waals surface area contributed by atoms with Crippen LogP contribution in [0.15, 0.2) is 56.7 Å². The molecular weight excluding hydrogens is 617 g/mol. The Hall–Kier alpha value is -3.53. The van der Waals surface area contributed by atoms with Gasteiger partial charge in [0.2, 0.25) is 0 Å². The molecular formula is C33H34BBrF2N2O4. The van der Waals surface area contributed by atoms with Crippen LogP contribution in [-0.2, 0) is 31.9 Å². The molecule has 0 spiro atoms. The van der Waals surface area contributed by atoms with Crippen molar-refractivity contribution in [2.45, 2.75) is 66.2 Å². The van der Waals surface area contributed by atoms with Crippen LogP contribution in [0.2, 0.25) is 0 Å². The van der Waals surface area contributed by atoms with Crippen molar-refractivity contribution in [1.82, 2.24) is 4.48 Å². The highest BCUT2D eigenvalue weighted by Gasteiger charge is 2.38. The van der Waals surface area contributed by atoms with Gasteiger partial charge in [-0.2, -0.15) is 0 Å². The van der Waals surface area contributed by atoms with E-state index in [1.165, 1.54) is 18.2 Å². The van der Waals surface area contributed by atoms with Crippen molar-refractivity contribution >= 4 is 52.6 Å². The molecule has 3 aliphatic rings. The number of carbonyl (C=O) groups excluding carboxylic acids is 2. The number of rotatable bonds is 9. The molecule has 0 radical (unpaired) electrons. The van der Waals surface area contributed by atoms with Crippen LogP contribution in [0.3, 0.4) is 0 Å². The van der Waals surface area contributed by atoms with Crippen molar-refractivity contribution in [3.63, 3.8) is 0 Å². The van der Waals surface area contributed by atoms with Gasteiger partial charge in [0, 0.05) is 33.6 Å². The van der Waals surface area contributed by atoms with Crippen LogP contribution in [0.1, 0.15) is 78.7 Å². The van der Waals surface area contributed by atoms with Crippen LogP contribution >= 0.6 is 15.9 Å². The maximum absolute atomic E-state index is 15.2. The monoisotopic (exact) mass is 650 g/mol. The Balaban J connectivity index is 1.84. The second-order valence-corrected chi connectivity index (χ2v) is 11.7. The maximum atomic E-state index is 15.2. The number of fused-ring (bicyclic) bond motifs is 1. The van der Waals surface area contributed by atoms with E-state index in [0.29, 0.717) is 41.2 Å². The van der Waals surface area contributed by atoms with Gasteiger partial charge in [0.15, 0.2) is 0 Å². The Morgan fingerprint density at radius 3 is 2.14 bits per heavy atom. The largest absolute Gasteiger partial charge is 0.678 e. The quantitative estimate of drug-likeness (QED) is 0.160. The summed E-state index contributed by atoms with van der Waals surface area (Å²) >= 11 is 3.59. The number of esters is 2. The summed E-state index contributed by atoms with van der Waals surface area (Å²) in [4.78, 5) is 29.4. The van der Waals surface area contributed by atoms with Gasteiger partial charge in [0.1, 0.15) is 0 Å². The summed E-state index contributed by atoms with van der Waals surface area (Å²) in [5.74, 6) is -1.03. The van der Waals surface area contributed by atoms with E-state index in [9.17, 15) is 9.59 Å². The number of hydrogen-bond acceptors (Lipinski definition) is 5. The topological polar surface area (TPSA) is 69.9 Å².